The van der Waals surface area contributed by atoms with E-state index >= 15 is 0 Å². The number of rotatable bonds is 3. The summed E-state index contributed by atoms with van der Waals surface area (Å²) in [6.07, 6.45) is 6.16. The molecule has 0 saturated heterocycles. The second-order valence-corrected chi connectivity index (χ2v) is 7.65. The van der Waals surface area contributed by atoms with Gasteiger partial charge in [0.05, 0.1) is 11.1 Å². The van der Waals surface area contributed by atoms with Crippen molar-refractivity contribution in [3.63, 3.8) is 0 Å². The number of nitrogen functional groups attached to an aromatic ring is 1. The molecule has 0 bridgehead atoms. The zero-order chi connectivity index (χ0) is 15.8. The van der Waals surface area contributed by atoms with Gasteiger partial charge in [0.1, 0.15) is 16.5 Å². The van der Waals surface area contributed by atoms with Gasteiger partial charge in [-0.25, -0.2) is 9.97 Å². The molecular weight excluding hydrogens is 328 g/mol. The van der Waals surface area contributed by atoms with E-state index < -0.39 is 0 Å². The molecule has 7 heteroatoms. The van der Waals surface area contributed by atoms with Gasteiger partial charge in [0.25, 0.3) is 5.03 Å². The first-order chi connectivity index (χ1) is 11.2. The number of aromatic nitrogens is 3. The van der Waals surface area contributed by atoms with Crippen LogP contribution in [0.4, 0.5) is 5.82 Å². The minimum absolute atomic E-state index is 0.537. The third-order valence-electron chi connectivity index (χ3n) is 4.03. The van der Waals surface area contributed by atoms with Crippen molar-refractivity contribution < 1.29 is 4.73 Å². The number of nitrogens with two attached hydrogens (primary N) is 1. The molecular formula is C16H16N4OS2. The monoisotopic (exact) mass is 344 g/mol. The number of thiophene rings is 1. The van der Waals surface area contributed by atoms with Crippen molar-refractivity contribution in [2.45, 2.75) is 36.5 Å². The summed E-state index contributed by atoms with van der Waals surface area (Å²) < 4.78 is 0.858. The van der Waals surface area contributed by atoms with Crippen LogP contribution in [0.1, 0.15) is 29.1 Å². The smallest absolute Gasteiger partial charge is 0.251 e. The van der Waals surface area contributed by atoms with E-state index in [4.69, 9.17) is 5.73 Å². The van der Waals surface area contributed by atoms with Crippen LogP contribution in [0, 0.1) is 5.21 Å². The van der Waals surface area contributed by atoms with Crippen LogP contribution >= 0.6 is 23.1 Å². The Labute approximate surface area is 142 Å². The molecule has 3 aromatic rings. The van der Waals surface area contributed by atoms with Crippen molar-refractivity contribution in [1.29, 1.82) is 0 Å². The highest BCUT2D eigenvalue weighted by molar-refractivity contribution is 7.98. The summed E-state index contributed by atoms with van der Waals surface area (Å²) in [7, 11) is 0. The predicted molar refractivity (Wildman–Crippen MR) is 93.4 cm³/mol. The summed E-state index contributed by atoms with van der Waals surface area (Å²) in [6, 6.07) is 5.36. The lowest BCUT2D eigenvalue weighted by Gasteiger charge is -2.10. The first-order valence-corrected chi connectivity index (χ1v) is 9.40. The predicted octanol–water partition coefficient (Wildman–Crippen LogP) is 3.08. The number of hydrogen-bond acceptors (Lipinski definition) is 6. The van der Waals surface area contributed by atoms with E-state index in [-0.39, 0.29) is 0 Å². The van der Waals surface area contributed by atoms with E-state index in [0.717, 1.165) is 27.8 Å². The van der Waals surface area contributed by atoms with Gasteiger partial charge in [-0.1, -0.05) is 0 Å². The minimum Gasteiger partial charge on any atom is -0.618 e. The highest BCUT2D eigenvalue weighted by atomic mass is 32.2. The number of fused-ring (bicyclic) bond motifs is 3. The number of thioether (sulfide) groups is 1. The summed E-state index contributed by atoms with van der Waals surface area (Å²) in [4.78, 5) is 11.6. The maximum absolute atomic E-state index is 11.7. The van der Waals surface area contributed by atoms with Crippen LogP contribution in [0.2, 0.25) is 0 Å². The topological polar surface area (TPSA) is 78.7 Å². The summed E-state index contributed by atoms with van der Waals surface area (Å²) in [5, 5.41) is 13.4. The molecule has 118 valence electrons. The lowest BCUT2D eigenvalue weighted by molar-refractivity contribution is -0.645. The molecule has 0 saturated carbocycles. The normalized spacial score (nSPS) is 14.1. The largest absolute Gasteiger partial charge is 0.618 e. The fourth-order valence-electron chi connectivity index (χ4n) is 2.96. The molecule has 4 rings (SSSR count). The highest BCUT2D eigenvalue weighted by Gasteiger charge is 2.20. The van der Waals surface area contributed by atoms with Gasteiger partial charge in [-0.2, -0.15) is 4.73 Å². The van der Waals surface area contributed by atoms with Gasteiger partial charge in [0, 0.05) is 17.0 Å². The molecule has 0 radical (unpaired) electrons. The molecule has 0 aliphatic heterocycles. The Bertz CT molecular complexity index is 878. The second-order valence-electron chi connectivity index (χ2n) is 5.57. The molecule has 0 aromatic carbocycles. The Morgan fingerprint density at radius 1 is 1.26 bits per heavy atom. The van der Waals surface area contributed by atoms with E-state index in [1.807, 2.05) is 6.07 Å². The van der Waals surface area contributed by atoms with Crippen molar-refractivity contribution in [3.8, 4) is 0 Å². The Balaban J connectivity index is 1.65. The molecule has 0 amide bonds. The van der Waals surface area contributed by atoms with Crippen LogP contribution in [-0.4, -0.2) is 9.97 Å². The number of aryl methyl sites for hydroxylation is 2. The molecule has 0 atom stereocenters. The number of pyridine rings is 1. The molecule has 1 aliphatic rings. The van der Waals surface area contributed by atoms with Crippen molar-refractivity contribution in [2.24, 2.45) is 0 Å². The second kappa shape index (κ2) is 5.98. The molecule has 3 aromatic heterocycles. The number of anilines is 1. The number of nitrogens with zero attached hydrogens (tertiary/aromatic N) is 3. The summed E-state index contributed by atoms with van der Waals surface area (Å²) in [6.45, 7) is 0. The van der Waals surface area contributed by atoms with Gasteiger partial charge >= 0.3 is 0 Å². The van der Waals surface area contributed by atoms with E-state index in [1.54, 1.807) is 23.5 Å². The Morgan fingerprint density at radius 3 is 3.00 bits per heavy atom. The van der Waals surface area contributed by atoms with Crippen molar-refractivity contribution in [2.75, 3.05) is 5.73 Å². The Hall–Kier alpha value is -1.86. The zero-order valence-electron chi connectivity index (χ0n) is 12.5. The maximum atomic E-state index is 11.7. The van der Waals surface area contributed by atoms with Gasteiger partial charge in [0.15, 0.2) is 6.20 Å². The van der Waals surface area contributed by atoms with Gasteiger partial charge in [0.2, 0.25) is 0 Å². The van der Waals surface area contributed by atoms with E-state index in [1.165, 1.54) is 41.2 Å². The highest BCUT2D eigenvalue weighted by Crippen LogP contribution is 2.38. The summed E-state index contributed by atoms with van der Waals surface area (Å²) in [5.41, 5.74) is 7.56. The molecule has 0 unspecified atom stereocenters. The van der Waals surface area contributed by atoms with Crippen LogP contribution < -0.4 is 10.5 Å². The van der Waals surface area contributed by atoms with Crippen LogP contribution in [-0.2, 0) is 18.6 Å². The summed E-state index contributed by atoms with van der Waals surface area (Å²) in [5.74, 6) is 1.80. The minimum atomic E-state index is 0.537. The van der Waals surface area contributed by atoms with Crippen molar-refractivity contribution >= 4 is 39.1 Å². The molecule has 23 heavy (non-hydrogen) atoms. The van der Waals surface area contributed by atoms with E-state index in [9.17, 15) is 5.21 Å². The van der Waals surface area contributed by atoms with Gasteiger partial charge in [-0.3, -0.25) is 0 Å². The quantitative estimate of drug-likeness (QED) is 0.449. The standard InChI is InChI=1S/C16H16N4OS2/c17-15-14-10-5-1-2-6-11(10)23-16(14)19-12(18-15)9-22-13-7-3-4-8-20(13)21/h3-4,7-8H,1-2,5-6,9H2,(H2,17,18,19). The fraction of sp³-hybridized carbons (Fsp3) is 0.312. The van der Waals surface area contributed by atoms with Crippen LogP contribution in [0.3, 0.4) is 0 Å². The average molecular weight is 344 g/mol. The van der Waals surface area contributed by atoms with E-state index in [0.29, 0.717) is 22.4 Å². The lowest BCUT2D eigenvalue weighted by Crippen LogP contribution is -2.27. The van der Waals surface area contributed by atoms with E-state index in [2.05, 4.69) is 9.97 Å². The van der Waals surface area contributed by atoms with Crippen LogP contribution in [0.25, 0.3) is 10.2 Å². The lowest BCUT2D eigenvalue weighted by atomic mass is 9.97. The summed E-state index contributed by atoms with van der Waals surface area (Å²) >= 11 is 3.17. The zero-order valence-corrected chi connectivity index (χ0v) is 14.1. The third kappa shape index (κ3) is 2.74. The van der Waals surface area contributed by atoms with Crippen LogP contribution in [0.5, 0.6) is 0 Å². The maximum Gasteiger partial charge on any atom is 0.251 e. The molecule has 3 heterocycles. The van der Waals surface area contributed by atoms with Crippen molar-refractivity contribution in [1.82, 2.24) is 9.97 Å². The number of hydrogen-bond donors (Lipinski definition) is 1. The average Bonchev–Trinajstić information content (AvgIpc) is 2.93. The van der Waals surface area contributed by atoms with Gasteiger partial charge in [-0.05, 0) is 49.1 Å². The Morgan fingerprint density at radius 2 is 2.13 bits per heavy atom. The first kappa shape index (κ1) is 14.7. The van der Waals surface area contributed by atoms with Crippen LogP contribution in [0.15, 0.2) is 29.4 Å². The molecule has 5 nitrogen and oxygen atoms in total. The third-order valence-corrected chi connectivity index (χ3v) is 6.23. The fourth-order valence-corrected chi connectivity index (χ4v) is 5.02. The molecule has 0 fully saturated rings. The molecule has 1 aliphatic carbocycles. The van der Waals surface area contributed by atoms with Gasteiger partial charge in [-0.15, -0.1) is 11.3 Å². The molecule has 0 spiro atoms. The SMILES string of the molecule is Nc1nc(CSc2cccc[n+]2[O-])nc2sc3c(c12)CCCC3. The molecule has 2 N–H and O–H groups in total. The van der Waals surface area contributed by atoms with Gasteiger partial charge < -0.3 is 10.9 Å². The first-order valence-electron chi connectivity index (χ1n) is 7.60. The van der Waals surface area contributed by atoms with Crippen molar-refractivity contribution in [3.05, 3.63) is 45.9 Å². The Kier molecular flexibility index (Phi) is 3.82.